The molecular weight excluding hydrogens is 339 g/mol. The van der Waals surface area contributed by atoms with Crippen molar-refractivity contribution in [1.29, 1.82) is 0 Å². The second-order valence-corrected chi connectivity index (χ2v) is 6.18. The van der Waals surface area contributed by atoms with E-state index in [0.29, 0.717) is 6.07 Å². The smallest absolute Gasteiger partial charge is 0.304 e. The van der Waals surface area contributed by atoms with Gasteiger partial charge in [0.1, 0.15) is 5.75 Å². The molecule has 2 aromatic carbocycles. The molecule has 0 radical (unpaired) electrons. The Morgan fingerprint density at radius 2 is 1.79 bits per heavy atom. The number of primary sulfonamides is 1. The van der Waals surface area contributed by atoms with Gasteiger partial charge in [-0.3, -0.25) is 10.1 Å². The van der Waals surface area contributed by atoms with Crippen LogP contribution in [0.3, 0.4) is 0 Å². The zero-order valence-corrected chi connectivity index (χ0v) is 13.9. The van der Waals surface area contributed by atoms with Crippen LogP contribution < -0.4 is 9.88 Å². The zero-order valence-electron chi connectivity index (χ0n) is 13.1. The van der Waals surface area contributed by atoms with Crippen LogP contribution in [0.4, 0.5) is 10.1 Å². The topological polar surface area (TPSA) is 113 Å². The zero-order chi connectivity index (χ0) is 18.3. The number of rotatable bonds is 4. The van der Waals surface area contributed by atoms with E-state index in [1.54, 1.807) is 7.11 Å². The van der Waals surface area contributed by atoms with Gasteiger partial charge in [0.2, 0.25) is 15.8 Å². The van der Waals surface area contributed by atoms with E-state index < -0.39 is 31.3 Å². The normalized spacial score (nSPS) is 10.5. The number of nitrogens with two attached hydrogens (primary N) is 1. The van der Waals surface area contributed by atoms with Crippen LogP contribution in [-0.4, -0.2) is 20.5 Å². The highest BCUT2D eigenvalue weighted by atomic mass is 32.2. The fraction of sp³-hybridized carbons (Fsp3) is 0.200. The largest absolute Gasteiger partial charge is 0.497 e. The lowest BCUT2D eigenvalue weighted by atomic mass is 10.2. The van der Waals surface area contributed by atoms with Crippen molar-refractivity contribution in [2.45, 2.75) is 18.2 Å². The van der Waals surface area contributed by atoms with Crippen molar-refractivity contribution in [2.24, 2.45) is 5.14 Å². The molecule has 0 fully saturated rings. The van der Waals surface area contributed by atoms with Crippen molar-refractivity contribution in [3.05, 3.63) is 64.0 Å². The Morgan fingerprint density at radius 1 is 1.21 bits per heavy atom. The van der Waals surface area contributed by atoms with E-state index in [1.165, 1.54) is 5.56 Å². The Bertz CT molecular complexity index is 784. The summed E-state index contributed by atoms with van der Waals surface area (Å²) in [5.74, 6) is -0.307. The molecule has 0 unspecified atom stereocenters. The third kappa shape index (κ3) is 5.60. The Kier molecular flexibility index (Phi) is 6.81. The van der Waals surface area contributed by atoms with Crippen LogP contribution in [0.15, 0.2) is 47.4 Å². The van der Waals surface area contributed by atoms with Crippen LogP contribution >= 0.6 is 0 Å². The molecule has 24 heavy (non-hydrogen) atoms. The molecule has 0 amide bonds. The minimum absolute atomic E-state index is 0.499. The van der Waals surface area contributed by atoms with Gasteiger partial charge in [-0.05, 0) is 30.2 Å². The Balaban J connectivity index is 0.000000254. The van der Waals surface area contributed by atoms with Crippen LogP contribution in [0.25, 0.3) is 0 Å². The second-order valence-electron chi connectivity index (χ2n) is 4.62. The van der Waals surface area contributed by atoms with Gasteiger partial charge in [0, 0.05) is 12.1 Å². The highest BCUT2D eigenvalue weighted by Crippen LogP contribution is 2.19. The third-order valence-corrected chi connectivity index (χ3v) is 3.92. The molecule has 0 atom stereocenters. The summed E-state index contributed by atoms with van der Waals surface area (Å²) in [4.78, 5) is 8.71. The molecule has 0 spiro atoms. The summed E-state index contributed by atoms with van der Waals surface area (Å²) in [5, 5.41) is 14.9. The predicted octanol–water partition coefficient (Wildman–Crippen LogP) is 2.64. The summed E-state index contributed by atoms with van der Waals surface area (Å²) >= 11 is 0. The van der Waals surface area contributed by atoms with Gasteiger partial charge >= 0.3 is 5.69 Å². The van der Waals surface area contributed by atoms with Crippen LogP contribution in [0.2, 0.25) is 0 Å². The third-order valence-electron chi connectivity index (χ3n) is 3.01. The van der Waals surface area contributed by atoms with E-state index in [9.17, 15) is 22.9 Å². The number of nitrogens with zero attached hydrogens (tertiary/aromatic N) is 1. The average molecular weight is 356 g/mol. The number of nitro benzene ring substituents is 1. The van der Waals surface area contributed by atoms with Crippen molar-refractivity contribution in [2.75, 3.05) is 7.11 Å². The van der Waals surface area contributed by atoms with Crippen molar-refractivity contribution < 1.29 is 22.5 Å². The molecule has 2 rings (SSSR count). The summed E-state index contributed by atoms with van der Waals surface area (Å²) in [5.41, 5.74) is 0.554. The molecule has 7 nitrogen and oxygen atoms in total. The van der Waals surface area contributed by atoms with E-state index in [0.717, 1.165) is 24.3 Å². The number of halogens is 1. The van der Waals surface area contributed by atoms with Crippen molar-refractivity contribution in [3.8, 4) is 5.75 Å². The minimum Gasteiger partial charge on any atom is -0.497 e. The lowest BCUT2D eigenvalue weighted by molar-refractivity contribution is -0.387. The second kappa shape index (κ2) is 8.37. The van der Waals surface area contributed by atoms with E-state index in [4.69, 9.17) is 4.74 Å². The molecule has 130 valence electrons. The van der Waals surface area contributed by atoms with E-state index in [-0.39, 0.29) is 0 Å². The quantitative estimate of drug-likeness (QED) is 0.668. The van der Waals surface area contributed by atoms with Crippen molar-refractivity contribution in [1.82, 2.24) is 0 Å². The van der Waals surface area contributed by atoms with Gasteiger partial charge in [-0.2, -0.15) is 4.39 Å². The standard InChI is InChI=1S/C9H12O.C6H5FN2O4S/c1-3-8-4-6-9(10-2)7-5-8;7-5-3-4(14(8,12)13)1-2-6(5)9(10)11/h4-7H,3H2,1-2H3;1-3H,(H2,8,12,13). The Morgan fingerprint density at radius 3 is 2.17 bits per heavy atom. The summed E-state index contributed by atoms with van der Waals surface area (Å²) < 4.78 is 39.3. The molecule has 0 aliphatic rings. The van der Waals surface area contributed by atoms with Crippen LogP contribution in [0, 0.1) is 15.9 Å². The number of ether oxygens (including phenoxy) is 1. The fourth-order valence-corrected chi connectivity index (χ4v) is 2.20. The molecule has 0 aromatic heterocycles. The number of hydrogen-bond acceptors (Lipinski definition) is 5. The molecule has 9 heteroatoms. The van der Waals surface area contributed by atoms with Gasteiger partial charge in [0.05, 0.1) is 16.9 Å². The van der Waals surface area contributed by atoms with Crippen molar-refractivity contribution >= 4 is 15.7 Å². The molecule has 0 saturated carbocycles. The molecule has 0 bridgehead atoms. The first-order chi connectivity index (χ1) is 11.2. The predicted molar refractivity (Wildman–Crippen MR) is 86.8 cm³/mol. The van der Waals surface area contributed by atoms with Crippen LogP contribution in [-0.2, 0) is 16.4 Å². The van der Waals surface area contributed by atoms with Gasteiger partial charge in [-0.1, -0.05) is 19.1 Å². The SMILES string of the molecule is CCc1ccc(OC)cc1.NS(=O)(=O)c1ccc([N+](=O)[O-])c(F)c1. The number of hydrogen-bond donors (Lipinski definition) is 1. The highest BCUT2D eigenvalue weighted by molar-refractivity contribution is 7.89. The minimum atomic E-state index is -4.03. The first-order valence-corrected chi connectivity index (χ1v) is 8.33. The Hall–Kier alpha value is -2.52. The first kappa shape index (κ1) is 19.5. The summed E-state index contributed by atoms with van der Waals surface area (Å²) in [7, 11) is -2.35. The summed E-state index contributed by atoms with van der Waals surface area (Å²) in [6.45, 7) is 2.14. The molecule has 0 aliphatic carbocycles. The van der Waals surface area contributed by atoms with E-state index in [1.807, 2.05) is 12.1 Å². The van der Waals surface area contributed by atoms with Gasteiger partial charge in [0.25, 0.3) is 0 Å². The average Bonchev–Trinajstić information content (AvgIpc) is 2.54. The van der Waals surface area contributed by atoms with Crippen LogP contribution in [0.5, 0.6) is 5.75 Å². The van der Waals surface area contributed by atoms with E-state index in [2.05, 4.69) is 24.2 Å². The van der Waals surface area contributed by atoms with Gasteiger partial charge < -0.3 is 4.74 Å². The van der Waals surface area contributed by atoms with Gasteiger partial charge in [-0.15, -0.1) is 0 Å². The number of methoxy groups -OCH3 is 1. The molecule has 2 N–H and O–H groups in total. The molecule has 2 aromatic rings. The molecule has 0 aliphatic heterocycles. The first-order valence-electron chi connectivity index (χ1n) is 6.78. The number of sulfonamides is 1. The number of aryl methyl sites for hydroxylation is 1. The van der Waals surface area contributed by atoms with E-state index >= 15 is 0 Å². The van der Waals surface area contributed by atoms with Crippen molar-refractivity contribution in [3.63, 3.8) is 0 Å². The maximum Gasteiger partial charge on any atom is 0.304 e. The lowest BCUT2D eigenvalue weighted by Gasteiger charge is -1.99. The number of benzene rings is 2. The highest BCUT2D eigenvalue weighted by Gasteiger charge is 2.17. The molecule has 0 saturated heterocycles. The molecule has 0 heterocycles. The fourth-order valence-electron chi connectivity index (χ4n) is 1.67. The monoisotopic (exact) mass is 356 g/mol. The Labute approximate surface area is 139 Å². The summed E-state index contributed by atoms with van der Waals surface area (Å²) in [6, 6.07) is 10.3. The maximum atomic E-state index is 12.9. The van der Waals surface area contributed by atoms with Gasteiger partial charge in [0.15, 0.2) is 0 Å². The number of nitro groups is 1. The lowest BCUT2D eigenvalue weighted by Crippen LogP contribution is -2.12. The summed E-state index contributed by atoms with van der Waals surface area (Å²) in [6.07, 6.45) is 1.09. The maximum absolute atomic E-state index is 12.9. The molecular formula is C15H17FN2O5S. The van der Waals surface area contributed by atoms with Gasteiger partial charge in [-0.25, -0.2) is 13.6 Å². The van der Waals surface area contributed by atoms with Crippen LogP contribution in [0.1, 0.15) is 12.5 Å².